The number of hydrogen-bond acceptors (Lipinski definition) is 4. The molecule has 0 saturated carbocycles. The van der Waals surface area contributed by atoms with E-state index in [-0.39, 0.29) is 10.8 Å². The number of sulfonamides is 1. The molecule has 1 amide bonds. The van der Waals surface area contributed by atoms with Crippen LogP contribution in [0.4, 0.5) is 5.69 Å². The molecule has 0 atom stereocenters. The van der Waals surface area contributed by atoms with Gasteiger partial charge < -0.3 is 5.32 Å². The number of thiophene rings is 1. The van der Waals surface area contributed by atoms with Gasteiger partial charge in [-0.3, -0.25) is 4.79 Å². The Morgan fingerprint density at radius 2 is 1.91 bits per heavy atom. The predicted octanol–water partition coefficient (Wildman–Crippen LogP) is 3.34. The van der Waals surface area contributed by atoms with Gasteiger partial charge in [-0.15, -0.1) is 11.3 Å². The van der Waals surface area contributed by atoms with Gasteiger partial charge in [-0.05, 0) is 36.1 Å². The Morgan fingerprint density at radius 1 is 1.22 bits per heavy atom. The Kier molecular flexibility index (Phi) is 5.56. The van der Waals surface area contributed by atoms with E-state index in [9.17, 15) is 13.2 Å². The molecule has 0 aliphatic rings. The van der Waals surface area contributed by atoms with Crippen molar-refractivity contribution in [2.75, 3.05) is 18.4 Å². The Bertz CT molecular complexity index is 780. The third-order valence-corrected chi connectivity index (χ3v) is 6.46. The lowest BCUT2D eigenvalue weighted by Crippen LogP contribution is -2.30. The Balaban J connectivity index is 2.34. The topological polar surface area (TPSA) is 66.5 Å². The van der Waals surface area contributed by atoms with Gasteiger partial charge in [-0.2, -0.15) is 4.31 Å². The van der Waals surface area contributed by atoms with Crippen molar-refractivity contribution in [3.63, 3.8) is 0 Å². The number of nitrogens with one attached hydrogen (secondary N) is 1. The molecule has 0 aliphatic heterocycles. The molecule has 124 valence electrons. The molecule has 1 heterocycles. The van der Waals surface area contributed by atoms with Crippen LogP contribution in [-0.4, -0.2) is 31.7 Å². The molecule has 1 aromatic carbocycles. The van der Waals surface area contributed by atoms with E-state index in [4.69, 9.17) is 0 Å². The molecular formula is C16H20N2O3S2. The monoisotopic (exact) mass is 352 g/mol. The van der Waals surface area contributed by atoms with Gasteiger partial charge in [0.2, 0.25) is 10.0 Å². The van der Waals surface area contributed by atoms with E-state index in [0.717, 1.165) is 5.56 Å². The summed E-state index contributed by atoms with van der Waals surface area (Å²) >= 11 is 1.34. The molecule has 1 N–H and O–H groups in total. The van der Waals surface area contributed by atoms with E-state index < -0.39 is 10.0 Å². The Labute approximate surface area is 141 Å². The fourth-order valence-corrected chi connectivity index (χ4v) is 4.30. The average Bonchev–Trinajstić information content (AvgIpc) is 3.04. The first-order valence-electron chi connectivity index (χ1n) is 7.35. The quantitative estimate of drug-likeness (QED) is 0.867. The van der Waals surface area contributed by atoms with Crippen LogP contribution in [0, 0.1) is 6.92 Å². The zero-order chi connectivity index (χ0) is 17.0. The van der Waals surface area contributed by atoms with Crippen LogP contribution >= 0.6 is 11.3 Å². The van der Waals surface area contributed by atoms with Gasteiger partial charge in [0, 0.05) is 18.8 Å². The summed E-state index contributed by atoms with van der Waals surface area (Å²) in [5.41, 5.74) is 1.32. The molecule has 0 bridgehead atoms. The van der Waals surface area contributed by atoms with Crippen molar-refractivity contribution in [1.29, 1.82) is 0 Å². The number of hydrogen-bond donors (Lipinski definition) is 1. The third-order valence-electron chi connectivity index (χ3n) is 3.55. The van der Waals surface area contributed by atoms with E-state index in [2.05, 4.69) is 5.32 Å². The molecule has 0 fully saturated rings. The molecule has 7 heteroatoms. The molecule has 0 aliphatic carbocycles. The molecule has 0 radical (unpaired) electrons. The van der Waals surface area contributed by atoms with E-state index in [1.807, 2.05) is 12.3 Å². The lowest BCUT2D eigenvalue weighted by atomic mass is 10.2. The fraction of sp³-hybridized carbons (Fsp3) is 0.312. The van der Waals surface area contributed by atoms with E-state index >= 15 is 0 Å². The minimum atomic E-state index is -3.55. The second-order valence-electron chi connectivity index (χ2n) is 5.00. The van der Waals surface area contributed by atoms with Gasteiger partial charge in [0.25, 0.3) is 5.91 Å². The molecule has 23 heavy (non-hydrogen) atoms. The van der Waals surface area contributed by atoms with Crippen molar-refractivity contribution in [3.8, 4) is 0 Å². The fourth-order valence-electron chi connectivity index (χ4n) is 2.20. The van der Waals surface area contributed by atoms with Crippen molar-refractivity contribution in [2.45, 2.75) is 25.7 Å². The predicted molar refractivity (Wildman–Crippen MR) is 93.6 cm³/mol. The highest BCUT2D eigenvalue weighted by Gasteiger charge is 2.22. The lowest BCUT2D eigenvalue weighted by Gasteiger charge is -2.19. The van der Waals surface area contributed by atoms with Crippen LogP contribution in [-0.2, 0) is 10.0 Å². The van der Waals surface area contributed by atoms with Crippen LogP contribution in [0.3, 0.4) is 0 Å². The largest absolute Gasteiger partial charge is 0.321 e. The number of carbonyl (C=O) groups is 1. The van der Waals surface area contributed by atoms with Crippen LogP contribution in [0.1, 0.15) is 29.1 Å². The second kappa shape index (κ2) is 7.25. The number of carbonyl (C=O) groups excluding carboxylic acids is 1. The molecular weight excluding hydrogens is 332 g/mol. The first-order valence-corrected chi connectivity index (χ1v) is 9.67. The van der Waals surface area contributed by atoms with Crippen LogP contribution < -0.4 is 5.32 Å². The maximum Gasteiger partial charge on any atom is 0.265 e. The number of aryl methyl sites for hydroxylation is 1. The number of anilines is 1. The van der Waals surface area contributed by atoms with Gasteiger partial charge in [0.15, 0.2) is 0 Å². The summed E-state index contributed by atoms with van der Waals surface area (Å²) in [6.07, 6.45) is 0. The Hall–Kier alpha value is -1.70. The lowest BCUT2D eigenvalue weighted by molar-refractivity contribution is 0.103. The van der Waals surface area contributed by atoms with Crippen molar-refractivity contribution in [2.24, 2.45) is 0 Å². The van der Waals surface area contributed by atoms with E-state index in [1.54, 1.807) is 38.1 Å². The molecule has 5 nitrogen and oxygen atoms in total. The zero-order valence-corrected chi connectivity index (χ0v) is 15.0. The van der Waals surface area contributed by atoms with Gasteiger partial charge >= 0.3 is 0 Å². The van der Waals surface area contributed by atoms with Crippen molar-refractivity contribution < 1.29 is 13.2 Å². The first-order chi connectivity index (χ1) is 10.9. The number of nitrogens with zero attached hydrogens (tertiary/aromatic N) is 1. The highest BCUT2D eigenvalue weighted by Crippen LogP contribution is 2.24. The molecule has 0 saturated heterocycles. The number of amides is 1. The highest BCUT2D eigenvalue weighted by atomic mass is 32.2. The van der Waals surface area contributed by atoms with Crippen LogP contribution in [0.5, 0.6) is 0 Å². The van der Waals surface area contributed by atoms with Gasteiger partial charge in [0.05, 0.1) is 9.77 Å². The second-order valence-corrected chi connectivity index (χ2v) is 7.88. The maximum atomic E-state index is 12.6. The van der Waals surface area contributed by atoms with Gasteiger partial charge in [-0.25, -0.2) is 8.42 Å². The Morgan fingerprint density at radius 3 is 2.48 bits per heavy atom. The van der Waals surface area contributed by atoms with Crippen molar-refractivity contribution in [3.05, 3.63) is 46.2 Å². The van der Waals surface area contributed by atoms with Crippen LogP contribution in [0.2, 0.25) is 0 Å². The third kappa shape index (κ3) is 3.80. The van der Waals surface area contributed by atoms with Crippen molar-refractivity contribution >= 4 is 33.0 Å². The summed E-state index contributed by atoms with van der Waals surface area (Å²) in [6.45, 7) is 6.24. The summed E-state index contributed by atoms with van der Waals surface area (Å²) in [4.78, 5) is 12.9. The van der Waals surface area contributed by atoms with Crippen LogP contribution in [0.15, 0.2) is 40.6 Å². The van der Waals surface area contributed by atoms with E-state index in [1.165, 1.54) is 21.7 Å². The molecule has 1 aromatic heterocycles. The summed E-state index contributed by atoms with van der Waals surface area (Å²) in [6, 6.07) is 8.33. The maximum absolute atomic E-state index is 12.6. The minimum absolute atomic E-state index is 0.188. The van der Waals surface area contributed by atoms with E-state index in [0.29, 0.717) is 23.7 Å². The normalized spacial score (nSPS) is 11.7. The smallest absolute Gasteiger partial charge is 0.265 e. The average molecular weight is 352 g/mol. The standard InChI is InChI=1S/C16H20N2O3S2/c1-4-18(5-2)23(20,21)13-9-8-12(3)14(11-13)17-16(19)15-7-6-10-22-15/h6-11H,4-5H2,1-3H3,(H,17,19). The molecule has 0 spiro atoms. The zero-order valence-electron chi connectivity index (χ0n) is 13.4. The SMILES string of the molecule is CCN(CC)S(=O)(=O)c1ccc(C)c(NC(=O)c2cccs2)c1. The molecule has 0 unspecified atom stereocenters. The molecule has 2 aromatic rings. The summed E-state index contributed by atoms with van der Waals surface area (Å²) in [5.74, 6) is -0.236. The molecule has 2 rings (SSSR count). The number of benzene rings is 1. The summed E-state index contributed by atoms with van der Waals surface area (Å²) < 4.78 is 26.6. The van der Waals surface area contributed by atoms with Crippen molar-refractivity contribution in [1.82, 2.24) is 4.31 Å². The summed E-state index contributed by atoms with van der Waals surface area (Å²) in [7, 11) is -3.55. The highest BCUT2D eigenvalue weighted by molar-refractivity contribution is 7.89. The van der Waals surface area contributed by atoms with Crippen LogP contribution in [0.25, 0.3) is 0 Å². The number of rotatable bonds is 6. The van der Waals surface area contributed by atoms with Gasteiger partial charge in [0.1, 0.15) is 0 Å². The minimum Gasteiger partial charge on any atom is -0.321 e. The summed E-state index contributed by atoms with van der Waals surface area (Å²) in [5, 5.41) is 4.61. The van der Waals surface area contributed by atoms with Gasteiger partial charge in [-0.1, -0.05) is 26.0 Å². The first kappa shape index (κ1) is 17.7.